The lowest BCUT2D eigenvalue weighted by Gasteiger charge is -2.21. The van der Waals surface area contributed by atoms with E-state index < -0.39 is 0 Å². The number of benzene rings is 1. The molecule has 1 heterocycles. The summed E-state index contributed by atoms with van der Waals surface area (Å²) in [5, 5.41) is 0.552. The summed E-state index contributed by atoms with van der Waals surface area (Å²) < 4.78 is 7.27. The van der Waals surface area contributed by atoms with Gasteiger partial charge < -0.3 is 9.30 Å². The van der Waals surface area contributed by atoms with Crippen molar-refractivity contribution in [1.82, 2.24) is 4.57 Å². The number of rotatable bonds is 1. The number of Topliss-reactive ketones (excluding diaryl/α,β-unsaturated/α-hetero) is 1. The molecule has 0 radical (unpaired) electrons. The number of para-hydroxylation sites is 1. The molecular weight excluding hydrogens is 242 g/mol. The zero-order valence-corrected chi connectivity index (χ0v) is 11.0. The summed E-state index contributed by atoms with van der Waals surface area (Å²) in [7, 11) is 3.48. The molecule has 0 aliphatic heterocycles. The highest BCUT2D eigenvalue weighted by atomic mass is 16.5. The Hall–Kier alpha value is -2.10. The van der Waals surface area contributed by atoms with Gasteiger partial charge >= 0.3 is 0 Å². The minimum atomic E-state index is -0.160. The predicted octanol–water partition coefficient (Wildman–Crippen LogP) is 2.07. The molecule has 19 heavy (non-hydrogen) atoms. The molecule has 0 atom stereocenters. The molecule has 1 aromatic carbocycles. The van der Waals surface area contributed by atoms with Gasteiger partial charge in [0, 0.05) is 19.2 Å². The normalized spacial score (nSPS) is 14.5. The second kappa shape index (κ2) is 4.23. The van der Waals surface area contributed by atoms with Gasteiger partial charge in [-0.3, -0.25) is 9.59 Å². The van der Waals surface area contributed by atoms with E-state index in [1.54, 1.807) is 19.2 Å². The fourth-order valence-electron chi connectivity index (χ4n) is 2.91. The molecule has 0 bridgehead atoms. The number of fused-ring (bicyclic) bond motifs is 2. The van der Waals surface area contributed by atoms with Crippen LogP contribution in [0.1, 0.15) is 28.9 Å². The van der Waals surface area contributed by atoms with Crippen molar-refractivity contribution in [2.45, 2.75) is 19.3 Å². The molecule has 0 amide bonds. The van der Waals surface area contributed by atoms with Gasteiger partial charge in [0.2, 0.25) is 5.43 Å². The number of aromatic nitrogens is 1. The van der Waals surface area contributed by atoms with Crippen LogP contribution in [0.25, 0.3) is 10.9 Å². The lowest BCUT2D eigenvalue weighted by Crippen LogP contribution is -2.26. The number of hydrogen-bond acceptors (Lipinski definition) is 3. The molecule has 0 spiro atoms. The first-order valence-corrected chi connectivity index (χ1v) is 6.37. The number of nitrogens with zero attached hydrogens (tertiary/aromatic N) is 1. The summed E-state index contributed by atoms with van der Waals surface area (Å²) in [6.45, 7) is 0. The van der Waals surface area contributed by atoms with Crippen molar-refractivity contribution in [3.8, 4) is 5.75 Å². The molecule has 0 fully saturated rings. The van der Waals surface area contributed by atoms with E-state index >= 15 is 0 Å². The number of carbonyl (C=O) groups excluding carboxylic acids is 1. The van der Waals surface area contributed by atoms with E-state index in [0.29, 0.717) is 23.1 Å². The summed E-state index contributed by atoms with van der Waals surface area (Å²) in [5.41, 5.74) is 1.81. The standard InChI is InChI=1S/C15H15NO3/c1-16-10-6-4-7-11(17)13(10)15(18)9-5-3-8-12(19-2)14(9)16/h3,5,8H,4,6-7H2,1-2H3. The Labute approximate surface area is 110 Å². The lowest BCUT2D eigenvalue weighted by molar-refractivity contribution is 0.0970. The van der Waals surface area contributed by atoms with Crippen LogP contribution >= 0.6 is 0 Å². The quantitative estimate of drug-likeness (QED) is 0.785. The van der Waals surface area contributed by atoms with Crippen molar-refractivity contribution < 1.29 is 9.53 Å². The number of ether oxygens (including phenoxy) is 1. The van der Waals surface area contributed by atoms with Gasteiger partial charge in [-0.25, -0.2) is 0 Å². The minimum Gasteiger partial charge on any atom is -0.495 e. The maximum absolute atomic E-state index is 12.5. The maximum atomic E-state index is 12.5. The molecule has 3 rings (SSSR count). The number of ketones is 1. The van der Waals surface area contributed by atoms with Crippen molar-refractivity contribution in [3.05, 3.63) is 39.7 Å². The first-order valence-electron chi connectivity index (χ1n) is 6.37. The van der Waals surface area contributed by atoms with Gasteiger partial charge in [-0.2, -0.15) is 0 Å². The Bertz CT molecular complexity index is 743. The summed E-state index contributed by atoms with van der Waals surface area (Å²) >= 11 is 0. The van der Waals surface area contributed by atoms with Gasteiger partial charge in [-0.05, 0) is 25.0 Å². The number of carbonyl (C=O) groups is 1. The van der Waals surface area contributed by atoms with Crippen molar-refractivity contribution in [2.24, 2.45) is 7.05 Å². The molecular formula is C15H15NO3. The van der Waals surface area contributed by atoms with Gasteiger partial charge in [0.25, 0.3) is 0 Å². The first kappa shape index (κ1) is 12.0. The van der Waals surface area contributed by atoms with Crippen LogP contribution < -0.4 is 10.2 Å². The molecule has 0 N–H and O–H groups in total. The fourth-order valence-corrected chi connectivity index (χ4v) is 2.91. The van der Waals surface area contributed by atoms with E-state index in [-0.39, 0.29) is 11.2 Å². The van der Waals surface area contributed by atoms with E-state index in [9.17, 15) is 9.59 Å². The average Bonchev–Trinajstić information content (AvgIpc) is 2.43. The topological polar surface area (TPSA) is 48.3 Å². The van der Waals surface area contributed by atoms with Crippen molar-refractivity contribution in [1.29, 1.82) is 0 Å². The highest BCUT2D eigenvalue weighted by Gasteiger charge is 2.25. The number of methoxy groups -OCH3 is 1. The van der Waals surface area contributed by atoms with Crippen molar-refractivity contribution in [3.63, 3.8) is 0 Å². The van der Waals surface area contributed by atoms with Crippen molar-refractivity contribution >= 4 is 16.7 Å². The summed E-state index contributed by atoms with van der Waals surface area (Å²) in [6, 6.07) is 5.36. The van der Waals surface area contributed by atoms with Gasteiger partial charge in [0.1, 0.15) is 5.75 Å². The number of pyridine rings is 1. The zero-order valence-electron chi connectivity index (χ0n) is 11.0. The van der Waals surface area contributed by atoms with Gasteiger partial charge in [-0.15, -0.1) is 0 Å². The summed E-state index contributed by atoms with van der Waals surface area (Å²) in [6.07, 6.45) is 2.04. The predicted molar refractivity (Wildman–Crippen MR) is 73.0 cm³/mol. The Morgan fingerprint density at radius 3 is 2.74 bits per heavy atom. The monoisotopic (exact) mass is 257 g/mol. The van der Waals surface area contributed by atoms with E-state index in [2.05, 4.69) is 0 Å². The van der Waals surface area contributed by atoms with Gasteiger partial charge in [0.05, 0.1) is 23.6 Å². The maximum Gasteiger partial charge on any atom is 0.200 e. The molecule has 1 aliphatic carbocycles. The zero-order chi connectivity index (χ0) is 13.6. The van der Waals surface area contributed by atoms with Crippen LogP contribution in [0.15, 0.2) is 23.0 Å². The van der Waals surface area contributed by atoms with Gasteiger partial charge in [-0.1, -0.05) is 6.07 Å². The van der Waals surface area contributed by atoms with E-state index in [4.69, 9.17) is 4.74 Å². The van der Waals surface area contributed by atoms with Crippen LogP contribution in [0.4, 0.5) is 0 Å². The smallest absolute Gasteiger partial charge is 0.200 e. The van der Waals surface area contributed by atoms with E-state index in [0.717, 1.165) is 24.1 Å². The van der Waals surface area contributed by atoms with Crippen LogP contribution in [0.3, 0.4) is 0 Å². The first-order chi connectivity index (χ1) is 9.15. The fraction of sp³-hybridized carbons (Fsp3) is 0.333. The van der Waals surface area contributed by atoms with Crippen molar-refractivity contribution in [2.75, 3.05) is 7.11 Å². The molecule has 2 aromatic rings. The van der Waals surface area contributed by atoms with Gasteiger partial charge in [0.15, 0.2) is 5.78 Å². The highest BCUT2D eigenvalue weighted by Crippen LogP contribution is 2.28. The molecule has 0 saturated heterocycles. The SMILES string of the molecule is COc1cccc2c(=O)c3c(n(C)c12)CCCC3=O. The molecule has 0 unspecified atom stereocenters. The lowest BCUT2D eigenvalue weighted by atomic mass is 9.92. The Morgan fingerprint density at radius 1 is 1.21 bits per heavy atom. The van der Waals surface area contributed by atoms with Crippen LogP contribution in [-0.4, -0.2) is 17.5 Å². The molecule has 0 saturated carbocycles. The summed E-state index contributed by atoms with van der Waals surface area (Å²) in [4.78, 5) is 24.5. The Kier molecular flexibility index (Phi) is 2.66. The Balaban J connectivity index is 2.53. The van der Waals surface area contributed by atoms with E-state index in [1.807, 2.05) is 17.7 Å². The number of hydrogen-bond donors (Lipinski definition) is 0. The number of aryl methyl sites for hydroxylation is 1. The van der Waals surface area contributed by atoms with Crippen LogP contribution in [0, 0.1) is 0 Å². The van der Waals surface area contributed by atoms with Crippen LogP contribution in [-0.2, 0) is 13.5 Å². The second-order valence-electron chi connectivity index (χ2n) is 4.84. The largest absolute Gasteiger partial charge is 0.495 e. The van der Waals surface area contributed by atoms with E-state index in [1.165, 1.54) is 0 Å². The van der Waals surface area contributed by atoms with Crippen LogP contribution in [0.2, 0.25) is 0 Å². The third kappa shape index (κ3) is 1.59. The highest BCUT2D eigenvalue weighted by molar-refractivity contribution is 6.01. The molecule has 1 aromatic heterocycles. The molecule has 4 nitrogen and oxygen atoms in total. The molecule has 1 aliphatic rings. The average molecular weight is 257 g/mol. The summed E-state index contributed by atoms with van der Waals surface area (Å²) in [5.74, 6) is 0.629. The third-order valence-corrected chi connectivity index (χ3v) is 3.82. The van der Waals surface area contributed by atoms with Crippen LogP contribution in [0.5, 0.6) is 5.75 Å². The minimum absolute atomic E-state index is 0.0356. The Morgan fingerprint density at radius 2 is 2.00 bits per heavy atom. The molecule has 4 heteroatoms. The third-order valence-electron chi connectivity index (χ3n) is 3.82. The second-order valence-corrected chi connectivity index (χ2v) is 4.84. The molecule has 98 valence electrons.